The lowest BCUT2D eigenvalue weighted by molar-refractivity contribution is -0.118. The molecule has 2 aromatic carbocycles. The van der Waals surface area contributed by atoms with Gasteiger partial charge < -0.3 is 14.7 Å². The number of nitrogens with zero attached hydrogens (tertiary/aromatic N) is 3. The molecule has 1 aliphatic heterocycles. The van der Waals surface area contributed by atoms with E-state index in [0.717, 1.165) is 47.5 Å². The Bertz CT molecular complexity index is 1170. The molecule has 0 spiro atoms. The summed E-state index contributed by atoms with van der Waals surface area (Å²) < 4.78 is 7.75. The first-order valence-electron chi connectivity index (χ1n) is 12.1. The third-order valence-corrected chi connectivity index (χ3v) is 6.80. The van der Waals surface area contributed by atoms with Crippen molar-refractivity contribution in [2.75, 3.05) is 24.7 Å². The minimum absolute atomic E-state index is 0.0104. The molecule has 4 rings (SSSR count). The highest BCUT2D eigenvalue weighted by molar-refractivity contribution is 5.96. The fraction of sp³-hybridized carbons (Fsp3) is 0.429. The summed E-state index contributed by atoms with van der Waals surface area (Å²) in [5.74, 6) is 1.03. The molecule has 0 bridgehead atoms. The number of rotatable bonds is 8. The van der Waals surface area contributed by atoms with Crippen molar-refractivity contribution in [3.63, 3.8) is 0 Å². The van der Waals surface area contributed by atoms with Crippen molar-refractivity contribution in [3.8, 4) is 16.9 Å². The van der Waals surface area contributed by atoms with E-state index in [1.165, 1.54) is 11.1 Å². The number of hydrogen-bond acceptors (Lipinski definition) is 4. The van der Waals surface area contributed by atoms with E-state index in [9.17, 15) is 9.90 Å². The van der Waals surface area contributed by atoms with Gasteiger partial charge in [-0.2, -0.15) is 5.10 Å². The number of aliphatic hydroxyl groups excluding tert-OH is 1. The van der Waals surface area contributed by atoms with Crippen molar-refractivity contribution in [3.05, 3.63) is 65.5 Å². The van der Waals surface area contributed by atoms with Gasteiger partial charge in [-0.1, -0.05) is 24.3 Å². The summed E-state index contributed by atoms with van der Waals surface area (Å²) in [4.78, 5) is 15.1. The number of benzene rings is 2. The van der Waals surface area contributed by atoms with E-state index in [1.807, 2.05) is 60.1 Å². The maximum atomic E-state index is 13.1. The fourth-order valence-electron chi connectivity index (χ4n) is 4.44. The number of hydrogen-bond donors (Lipinski definition) is 1. The second kappa shape index (κ2) is 10.0. The molecule has 1 aliphatic rings. The van der Waals surface area contributed by atoms with Gasteiger partial charge in [-0.25, -0.2) is 0 Å². The third-order valence-electron chi connectivity index (χ3n) is 6.80. The van der Waals surface area contributed by atoms with Gasteiger partial charge in [0.15, 0.2) is 0 Å². The molecule has 180 valence electrons. The van der Waals surface area contributed by atoms with Gasteiger partial charge >= 0.3 is 0 Å². The van der Waals surface area contributed by atoms with Gasteiger partial charge in [0, 0.05) is 30.4 Å². The van der Waals surface area contributed by atoms with Gasteiger partial charge in [0.25, 0.3) is 0 Å². The summed E-state index contributed by atoms with van der Waals surface area (Å²) in [6.07, 6.45) is 6.83. The van der Waals surface area contributed by atoms with Crippen LogP contribution >= 0.6 is 0 Å². The van der Waals surface area contributed by atoms with Gasteiger partial charge in [0.1, 0.15) is 5.75 Å². The number of amides is 1. The third kappa shape index (κ3) is 4.87. The van der Waals surface area contributed by atoms with E-state index >= 15 is 0 Å². The maximum Gasteiger partial charge on any atom is 0.227 e. The first kappa shape index (κ1) is 24.0. The Morgan fingerprint density at radius 3 is 2.76 bits per heavy atom. The van der Waals surface area contributed by atoms with Crippen LogP contribution in [0, 0.1) is 13.8 Å². The number of anilines is 1. The number of aryl methyl sites for hydroxylation is 1. The maximum absolute atomic E-state index is 13.1. The van der Waals surface area contributed by atoms with Crippen LogP contribution < -0.4 is 9.64 Å². The number of carbonyl (C=O) groups is 1. The van der Waals surface area contributed by atoms with Crippen molar-refractivity contribution < 1.29 is 14.6 Å². The number of aromatic nitrogens is 2. The van der Waals surface area contributed by atoms with Crippen LogP contribution in [-0.4, -0.2) is 40.6 Å². The molecule has 34 heavy (non-hydrogen) atoms. The lowest BCUT2D eigenvalue weighted by Gasteiger charge is -2.31. The Morgan fingerprint density at radius 2 is 1.97 bits per heavy atom. The van der Waals surface area contributed by atoms with E-state index < -0.39 is 5.54 Å². The van der Waals surface area contributed by atoms with Crippen molar-refractivity contribution in [1.29, 1.82) is 0 Å². The molecular formula is C28H35N3O3. The number of carbonyl (C=O) groups excluding carboxylic acids is 1. The standard InChI is InChI=1S/C28H35N3O3/c1-20-9-5-13-26(21(20)2)34-16-8-14-27(33)30-15-7-11-24-23(10-6-12-25(24)30)22-17-29-31(18-22)28(3,4)19-32/h5-6,9-10,12-13,17-18,32H,7-8,11,14-16,19H2,1-4H3. The van der Waals surface area contributed by atoms with Gasteiger partial charge in [-0.3, -0.25) is 9.48 Å². The normalized spacial score (nSPS) is 13.6. The summed E-state index contributed by atoms with van der Waals surface area (Å²) in [5, 5.41) is 14.2. The molecule has 0 saturated carbocycles. The Balaban J connectivity index is 1.45. The average molecular weight is 462 g/mol. The molecule has 0 atom stereocenters. The Hall–Kier alpha value is -3.12. The molecule has 6 heteroatoms. The summed E-state index contributed by atoms with van der Waals surface area (Å²) >= 11 is 0. The summed E-state index contributed by atoms with van der Waals surface area (Å²) in [6.45, 7) is 9.32. The highest BCUT2D eigenvalue weighted by Crippen LogP contribution is 2.36. The van der Waals surface area contributed by atoms with Gasteiger partial charge in [0.2, 0.25) is 5.91 Å². The first-order chi connectivity index (χ1) is 16.3. The zero-order valence-corrected chi connectivity index (χ0v) is 20.7. The molecule has 0 fully saturated rings. The molecule has 1 amide bonds. The highest BCUT2D eigenvalue weighted by Gasteiger charge is 2.26. The average Bonchev–Trinajstić information content (AvgIpc) is 3.34. The second-order valence-electron chi connectivity index (χ2n) is 9.75. The Labute approximate surface area is 202 Å². The van der Waals surface area contributed by atoms with Crippen molar-refractivity contribution >= 4 is 11.6 Å². The lowest BCUT2D eigenvalue weighted by Crippen LogP contribution is -2.35. The largest absolute Gasteiger partial charge is 0.493 e. The quantitative estimate of drug-likeness (QED) is 0.478. The minimum atomic E-state index is -0.464. The Morgan fingerprint density at radius 1 is 1.18 bits per heavy atom. The van der Waals surface area contributed by atoms with E-state index in [-0.39, 0.29) is 12.5 Å². The summed E-state index contributed by atoms with van der Waals surface area (Å²) in [5.41, 5.74) is 6.20. The first-order valence-corrected chi connectivity index (χ1v) is 12.1. The monoisotopic (exact) mass is 461 g/mol. The predicted octanol–water partition coefficient (Wildman–Crippen LogP) is 5.03. The molecule has 3 aromatic rings. The molecular weight excluding hydrogens is 426 g/mol. The van der Waals surface area contributed by atoms with Crippen LogP contribution in [0.4, 0.5) is 5.69 Å². The zero-order valence-electron chi connectivity index (χ0n) is 20.7. The van der Waals surface area contributed by atoms with Crippen LogP contribution in [0.1, 0.15) is 49.8 Å². The fourth-order valence-corrected chi connectivity index (χ4v) is 4.44. The summed E-state index contributed by atoms with van der Waals surface area (Å²) in [7, 11) is 0. The van der Waals surface area contributed by atoms with Crippen LogP contribution in [0.5, 0.6) is 5.75 Å². The molecule has 1 aromatic heterocycles. The molecule has 0 unspecified atom stereocenters. The van der Waals surface area contributed by atoms with Crippen molar-refractivity contribution in [2.24, 2.45) is 0 Å². The van der Waals surface area contributed by atoms with Crippen LogP contribution in [-0.2, 0) is 16.8 Å². The Kier molecular flexibility index (Phi) is 7.08. The molecule has 0 saturated heterocycles. The number of ether oxygens (including phenoxy) is 1. The second-order valence-corrected chi connectivity index (χ2v) is 9.75. The minimum Gasteiger partial charge on any atom is -0.493 e. The van der Waals surface area contributed by atoms with E-state index in [1.54, 1.807) is 0 Å². The van der Waals surface area contributed by atoms with Crippen LogP contribution in [0.25, 0.3) is 11.1 Å². The van der Waals surface area contributed by atoms with E-state index in [2.05, 4.69) is 31.1 Å². The zero-order chi connectivity index (χ0) is 24.3. The topological polar surface area (TPSA) is 67.6 Å². The molecule has 1 N–H and O–H groups in total. The van der Waals surface area contributed by atoms with E-state index in [0.29, 0.717) is 19.4 Å². The molecule has 0 aliphatic carbocycles. The molecule has 6 nitrogen and oxygen atoms in total. The number of aliphatic hydroxyl groups is 1. The predicted molar refractivity (Wildman–Crippen MR) is 135 cm³/mol. The smallest absolute Gasteiger partial charge is 0.227 e. The van der Waals surface area contributed by atoms with Gasteiger partial charge in [0.05, 0.1) is 24.9 Å². The van der Waals surface area contributed by atoms with Crippen LogP contribution in [0.3, 0.4) is 0 Å². The van der Waals surface area contributed by atoms with Gasteiger partial charge in [-0.05, 0) is 81.3 Å². The van der Waals surface area contributed by atoms with Crippen molar-refractivity contribution in [2.45, 2.75) is 58.9 Å². The SMILES string of the molecule is Cc1cccc(OCCCC(=O)N2CCCc3c(-c4cnn(C(C)(C)CO)c4)cccc32)c1C. The van der Waals surface area contributed by atoms with Gasteiger partial charge in [-0.15, -0.1) is 0 Å². The molecule has 2 heterocycles. The van der Waals surface area contributed by atoms with Crippen molar-refractivity contribution in [1.82, 2.24) is 9.78 Å². The van der Waals surface area contributed by atoms with Crippen LogP contribution in [0.15, 0.2) is 48.8 Å². The summed E-state index contributed by atoms with van der Waals surface area (Å²) in [6, 6.07) is 12.2. The van der Waals surface area contributed by atoms with Crippen LogP contribution in [0.2, 0.25) is 0 Å². The highest BCUT2D eigenvalue weighted by atomic mass is 16.5. The van der Waals surface area contributed by atoms with E-state index in [4.69, 9.17) is 4.74 Å². The lowest BCUT2D eigenvalue weighted by atomic mass is 9.93. The molecule has 0 radical (unpaired) electrons. The number of fused-ring (bicyclic) bond motifs is 1.